The highest BCUT2D eigenvalue weighted by molar-refractivity contribution is 6.07. The monoisotopic (exact) mass is 326 g/mol. The largest absolute Gasteiger partial charge is 0.497 e. The number of nitrogens with zero attached hydrogens (tertiary/aromatic N) is 1. The van der Waals surface area contributed by atoms with E-state index in [0.717, 1.165) is 22.4 Å². The van der Waals surface area contributed by atoms with Crippen molar-refractivity contribution in [2.24, 2.45) is 0 Å². The van der Waals surface area contributed by atoms with E-state index in [1.54, 1.807) is 13.4 Å². The highest BCUT2D eigenvalue weighted by atomic mass is 16.5. The van der Waals surface area contributed by atoms with Crippen molar-refractivity contribution in [2.45, 2.75) is 26.3 Å². The molecule has 2 aromatic heterocycles. The number of furan rings is 1. The second-order valence-corrected chi connectivity index (χ2v) is 6.01. The highest BCUT2D eigenvalue weighted by Crippen LogP contribution is 2.28. The summed E-state index contributed by atoms with van der Waals surface area (Å²) in [4.78, 5) is 12.6. The first kappa shape index (κ1) is 16.2. The van der Waals surface area contributed by atoms with E-state index in [4.69, 9.17) is 9.15 Å². The number of carbonyl (C=O) groups excluding carboxylic acids is 1. The number of hydrogen-bond acceptors (Lipinski definition) is 3. The van der Waals surface area contributed by atoms with Crippen LogP contribution in [0.2, 0.25) is 0 Å². The van der Waals surface area contributed by atoms with Gasteiger partial charge in [0.2, 0.25) is 0 Å². The van der Waals surface area contributed by atoms with Crippen molar-refractivity contribution in [3.63, 3.8) is 0 Å². The number of carbonyl (C=O) groups is 1. The van der Waals surface area contributed by atoms with E-state index in [0.29, 0.717) is 18.5 Å². The molecule has 0 saturated heterocycles. The fourth-order valence-corrected chi connectivity index (χ4v) is 2.82. The second kappa shape index (κ2) is 6.83. The lowest BCUT2D eigenvalue weighted by Gasteiger charge is -2.09. The van der Waals surface area contributed by atoms with Gasteiger partial charge in [0.25, 0.3) is 5.91 Å². The van der Waals surface area contributed by atoms with E-state index in [-0.39, 0.29) is 11.9 Å². The lowest BCUT2D eigenvalue weighted by molar-refractivity contribution is 0.0955. The van der Waals surface area contributed by atoms with Crippen LogP contribution < -0.4 is 10.1 Å². The van der Waals surface area contributed by atoms with Crippen molar-refractivity contribution in [3.05, 3.63) is 54.1 Å². The SMILES string of the molecule is COc1ccc2c(c1)c(C(=O)NCCc1ccco1)cn2C(C)C. The lowest BCUT2D eigenvalue weighted by atomic mass is 10.1. The van der Waals surface area contributed by atoms with Gasteiger partial charge in [-0.15, -0.1) is 0 Å². The molecule has 0 unspecified atom stereocenters. The maximum absolute atomic E-state index is 12.6. The number of amides is 1. The van der Waals surface area contributed by atoms with Crippen molar-refractivity contribution in [1.82, 2.24) is 9.88 Å². The summed E-state index contributed by atoms with van der Waals surface area (Å²) in [5.74, 6) is 1.52. The Morgan fingerprint density at radius 1 is 1.33 bits per heavy atom. The van der Waals surface area contributed by atoms with Gasteiger partial charge in [-0.1, -0.05) is 0 Å². The van der Waals surface area contributed by atoms with Crippen LogP contribution in [0.25, 0.3) is 10.9 Å². The number of hydrogen-bond donors (Lipinski definition) is 1. The molecule has 5 heteroatoms. The quantitative estimate of drug-likeness (QED) is 0.749. The van der Waals surface area contributed by atoms with Crippen LogP contribution in [-0.4, -0.2) is 24.1 Å². The van der Waals surface area contributed by atoms with Gasteiger partial charge in [0, 0.05) is 36.1 Å². The Kier molecular flexibility index (Phi) is 4.60. The smallest absolute Gasteiger partial charge is 0.253 e. The molecule has 0 atom stereocenters. The zero-order valence-corrected chi connectivity index (χ0v) is 14.2. The Hall–Kier alpha value is -2.69. The Bertz CT molecular complexity index is 832. The van der Waals surface area contributed by atoms with Crippen molar-refractivity contribution >= 4 is 16.8 Å². The summed E-state index contributed by atoms with van der Waals surface area (Å²) < 4.78 is 12.7. The summed E-state index contributed by atoms with van der Waals surface area (Å²) in [6, 6.07) is 9.84. The van der Waals surface area contributed by atoms with E-state index < -0.39 is 0 Å². The zero-order chi connectivity index (χ0) is 17.1. The van der Waals surface area contributed by atoms with E-state index in [1.807, 2.05) is 36.5 Å². The van der Waals surface area contributed by atoms with Crippen LogP contribution in [-0.2, 0) is 6.42 Å². The molecule has 1 amide bonds. The van der Waals surface area contributed by atoms with Crippen molar-refractivity contribution in [2.75, 3.05) is 13.7 Å². The first-order valence-corrected chi connectivity index (χ1v) is 8.09. The van der Waals surface area contributed by atoms with Crippen LogP contribution in [0.15, 0.2) is 47.2 Å². The van der Waals surface area contributed by atoms with Gasteiger partial charge in [-0.2, -0.15) is 0 Å². The van der Waals surface area contributed by atoms with Crippen LogP contribution in [0, 0.1) is 0 Å². The molecule has 5 nitrogen and oxygen atoms in total. The molecule has 1 aromatic carbocycles. The van der Waals surface area contributed by atoms with Crippen molar-refractivity contribution in [3.8, 4) is 5.75 Å². The number of aromatic nitrogens is 1. The third kappa shape index (κ3) is 3.15. The van der Waals surface area contributed by atoms with Crippen LogP contribution >= 0.6 is 0 Å². The van der Waals surface area contributed by atoms with Gasteiger partial charge in [0.05, 0.1) is 18.9 Å². The molecule has 2 heterocycles. The van der Waals surface area contributed by atoms with Crippen molar-refractivity contribution in [1.29, 1.82) is 0 Å². The summed E-state index contributed by atoms with van der Waals surface area (Å²) in [6.45, 7) is 4.73. The molecule has 0 aliphatic rings. The molecule has 24 heavy (non-hydrogen) atoms. The fraction of sp³-hybridized carbons (Fsp3) is 0.316. The van der Waals surface area contributed by atoms with Gasteiger partial charge in [0.15, 0.2) is 0 Å². The molecule has 126 valence electrons. The molecule has 0 bridgehead atoms. The topological polar surface area (TPSA) is 56.4 Å². The average Bonchev–Trinajstić information content (AvgIpc) is 3.21. The zero-order valence-electron chi connectivity index (χ0n) is 14.2. The molecule has 0 fully saturated rings. The minimum absolute atomic E-state index is 0.0841. The minimum Gasteiger partial charge on any atom is -0.497 e. The predicted molar refractivity (Wildman–Crippen MR) is 93.6 cm³/mol. The summed E-state index contributed by atoms with van der Waals surface area (Å²) in [5, 5.41) is 3.87. The van der Waals surface area contributed by atoms with Gasteiger partial charge >= 0.3 is 0 Å². The highest BCUT2D eigenvalue weighted by Gasteiger charge is 2.17. The van der Waals surface area contributed by atoms with E-state index in [1.165, 1.54) is 0 Å². The third-order valence-corrected chi connectivity index (χ3v) is 4.08. The molecule has 0 aliphatic carbocycles. The Balaban J connectivity index is 1.85. The van der Waals surface area contributed by atoms with E-state index in [2.05, 4.69) is 23.7 Å². The Labute approximate surface area is 141 Å². The van der Waals surface area contributed by atoms with Gasteiger partial charge in [-0.3, -0.25) is 4.79 Å². The Morgan fingerprint density at radius 2 is 2.17 bits per heavy atom. The number of methoxy groups -OCH3 is 1. The summed E-state index contributed by atoms with van der Waals surface area (Å²) in [7, 11) is 1.63. The first-order chi connectivity index (χ1) is 11.6. The molecular formula is C19H22N2O3. The molecule has 0 radical (unpaired) electrons. The minimum atomic E-state index is -0.0841. The number of ether oxygens (including phenoxy) is 1. The number of fused-ring (bicyclic) bond motifs is 1. The molecule has 3 rings (SSSR count). The fourth-order valence-electron chi connectivity index (χ4n) is 2.82. The molecule has 0 spiro atoms. The summed E-state index contributed by atoms with van der Waals surface area (Å²) >= 11 is 0. The predicted octanol–water partition coefficient (Wildman–Crippen LogP) is 3.80. The van der Waals surface area contributed by atoms with Gasteiger partial charge in [-0.25, -0.2) is 0 Å². The standard InChI is InChI=1S/C19H22N2O3/c1-13(2)21-12-17(16-11-15(23-3)6-7-18(16)21)19(22)20-9-8-14-5-4-10-24-14/h4-7,10-13H,8-9H2,1-3H3,(H,20,22). The van der Waals surface area contributed by atoms with Crippen LogP contribution in [0.3, 0.4) is 0 Å². The third-order valence-electron chi connectivity index (χ3n) is 4.08. The first-order valence-electron chi connectivity index (χ1n) is 8.09. The van der Waals surface area contributed by atoms with Gasteiger partial charge in [-0.05, 0) is 44.2 Å². The molecular weight excluding hydrogens is 304 g/mol. The number of benzene rings is 1. The molecule has 0 aliphatic heterocycles. The number of nitrogens with one attached hydrogen (secondary N) is 1. The Morgan fingerprint density at radius 3 is 2.83 bits per heavy atom. The normalized spacial score (nSPS) is 11.2. The summed E-state index contributed by atoms with van der Waals surface area (Å²) in [6.07, 6.45) is 4.22. The molecule has 0 saturated carbocycles. The van der Waals surface area contributed by atoms with Crippen LogP contribution in [0.5, 0.6) is 5.75 Å². The van der Waals surface area contributed by atoms with Gasteiger partial charge in [0.1, 0.15) is 11.5 Å². The summed E-state index contributed by atoms with van der Waals surface area (Å²) in [5.41, 5.74) is 1.69. The maximum atomic E-state index is 12.6. The van der Waals surface area contributed by atoms with Crippen LogP contribution in [0.1, 0.15) is 36.0 Å². The molecule has 3 aromatic rings. The lowest BCUT2D eigenvalue weighted by Crippen LogP contribution is -2.25. The van der Waals surface area contributed by atoms with Crippen molar-refractivity contribution < 1.29 is 13.9 Å². The van der Waals surface area contributed by atoms with E-state index >= 15 is 0 Å². The second-order valence-electron chi connectivity index (χ2n) is 6.01. The van der Waals surface area contributed by atoms with Crippen LogP contribution in [0.4, 0.5) is 0 Å². The average molecular weight is 326 g/mol. The maximum Gasteiger partial charge on any atom is 0.253 e. The van der Waals surface area contributed by atoms with Gasteiger partial charge < -0.3 is 19.0 Å². The number of rotatable bonds is 6. The van der Waals surface area contributed by atoms with E-state index in [9.17, 15) is 4.79 Å². The molecule has 1 N–H and O–H groups in total.